The summed E-state index contributed by atoms with van der Waals surface area (Å²) < 4.78 is 0. The highest BCUT2D eigenvalue weighted by atomic mass is 32.2. The van der Waals surface area contributed by atoms with Crippen molar-refractivity contribution in [2.24, 2.45) is 0 Å². The van der Waals surface area contributed by atoms with E-state index in [0.29, 0.717) is 22.9 Å². The largest absolute Gasteiger partial charge is 0.339 e. The molecule has 10 nitrogen and oxygen atoms in total. The summed E-state index contributed by atoms with van der Waals surface area (Å²) in [4.78, 5) is 41.3. The van der Waals surface area contributed by atoms with Gasteiger partial charge in [-0.3, -0.25) is 9.97 Å². The van der Waals surface area contributed by atoms with Gasteiger partial charge in [-0.15, -0.1) is 0 Å². The van der Waals surface area contributed by atoms with Crippen molar-refractivity contribution in [2.75, 3.05) is 10.6 Å². The number of benzene rings is 4. The highest BCUT2D eigenvalue weighted by molar-refractivity contribution is 7.99. The number of rotatable bonds is 10. The molecule has 4 aromatic carbocycles. The maximum absolute atomic E-state index is 4.91. The van der Waals surface area contributed by atoms with Crippen LogP contribution in [0.15, 0.2) is 166 Å². The molecule has 0 bridgehead atoms. The van der Waals surface area contributed by atoms with Crippen LogP contribution in [0.1, 0.15) is 11.4 Å². The van der Waals surface area contributed by atoms with E-state index in [1.807, 2.05) is 86.9 Å². The van der Waals surface area contributed by atoms with Crippen molar-refractivity contribution in [3.8, 4) is 22.5 Å². The van der Waals surface area contributed by atoms with Crippen molar-refractivity contribution in [1.29, 1.82) is 0 Å². The van der Waals surface area contributed by atoms with E-state index in [4.69, 9.17) is 9.97 Å². The van der Waals surface area contributed by atoms with Crippen molar-refractivity contribution < 1.29 is 0 Å². The van der Waals surface area contributed by atoms with Crippen molar-refractivity contribution >= 4 is 68.6 Å². The van der Waals surface area contributed by atoms with E-state index < -0.39 is 0 Å². The monoisotopic (exact) mass is 764 g/mol. The third kappa shape index (κ3) is 7.61. The summed E-state index contributed by atoms with van der Waals surface area (Å²) in [5.41, 5.74) is 8.13. The van der Waals surface area contributed by atoms with Gasteiger partial charge in [-0.2, -0.15) is 0 Å². The Balaban J connectivity index is 1.05. The summed E-state index contributed by atoms with van der Waals surface area (Å²) in [6, 6.07) is 41.0. The van der Waals surface area contributed by atoms with E-state index in [2.05, 4.69) is 101 Å². The number of pyridine rings is 2. The van der Waals surface area contributed by atoms with Gasteiger partial charge < -0.3 is 10.6 Å². The number of aryl methyl sites for hydroxylation is 2. The molecule has 0 fully saturated rings. The number of anilines is 4. The van der Waals surface area contributed by atoms with Crippen LogP contribution in [0.25, 0.3) is 44.6 Å². The van der Waals surface area contributed by atoms with Gasteiger partial charge in [0.05, 0.1) is 45.9 Å². The number of fused-ring (bicyclic) bond motifs is 2. The molecule has 56 heavy (non-hydrogen) atoms. The first-order chi connectivity index (χ1) is 27.5. The predicted molar refractivity (Wildman–Crippen MR) is 225 cm³/mol. The molecular formula is C44H32N10S2. The van der Waals surface area contributed by atoms with Crippen LogP contribution in [0.2, 0.25) is 0 Å². The molecule has 0 amide bonds. The predicted octanol–water partition coefficient (Wildman–Crippen LogP) is 10.9. The summed E-state index contributed by atoms with van der Waals surface area (Å²) in [5.74, 6) is 1.35. The van der Waals surface area contributed by atoms with Crippen molar-refractivity contribution in [2.45, 2.75) is 33.4 Å². The number of nitrogens with one attached hydrogen (secondary N) is 2. The summed E-state index contributed by atoms with van der Waals surface area (Å²) in [5, 5.41) is 8.84. The van der Waals surface area contributed by atoms with Gasteiger partial charge in [0.1, 0.15) is 24.3 Å². The Morgan fingerprint density at radius 1 is 0.446 bits per heavy atom. The summed E-state index contributed by atoms with van der Waals surface area (Å²) in [6.07, 6.45) is 6.71. The van der Waals surface area contributed by atoms with Crippen LogP contribution in [0.5, 0.6) is 0 Å². The first-order valence-corrected chi connectivity index (χ1v) is 19.4. The van der Waals surface area contributed by atoms with E-state index in [1.54, 1.807) is 23.5 Å². The van der Waals surface area contributed by atoms with Crippen molar-refractivity contribution in [1.82, 2.24) is 39.9 Å². The fourth-order valence-electron chi connectivity index (χ4n) is 6.14. The lowest BCUT2D eigenvalue weighted by atomic mass is 10.1. The zero-order valence-corrected chi connectivity index (χ0v) is 31.9. The van der Waals surface area contributed by atoms with E-state index in [9.17, 15) is 0 Å². The molecule has 0 aliphatic heterocycles. The zero-order valence-electron chi connectivity index (χ0n) is 30.3. The molecule has 9 rings (SSSR count). The van der Waals surface area contributed by atoms with Crippen LogP contribution in [0.4, 0.5) is 23.0 Å². The van der Waals surface area contributed by atoms with E-state index in [-0.39, 0.29) is 0 Å². The molecule has 0 spiro atoms. The maximum atomic E-state index is 4.91. The first kappa shape index (κ1) is 35.0. The van der Waals surface area contributed by atoms with Crippen molar-refractivity contribution in [3.05, 3.63) is 158 Å². The van der Waals surface area contributed by atoms with Gasteiger partial charge in [0, 0.05) is 42.1 Å². The van der Waals surface area contributed by atoms with Gasteiger partial charge in [-0.1, -0.05) is 72.1 Å². The first-order valence-electron chi connectivity index (χ1n) is 17.8. The fraction of sp³-hybridized carbons (Fsp3) is 0.0455. The highest BCUT2D eigenvalue weighted by Gasteiger charge is 2.15. The number of aromatic nitrogens is 8. The number of hydrogen-bond donors (Lipinski definition) is 2. The molecule has 270 valence electrons. The Bertz CT molecular complexity index is 2640. The summed E-state index contributed by atoms with van der Waals surface area (Å²) in [7, 11) is 0. The molecular weight excluding hydrogens is 733 g/mol. The Morgan fingerprint density at radius 3 is 1.32 bits per heavy atom. The molecule has 12 heteroatoms. The highest BCUT2D eigenvalue weighted by Crippen LogP contribution is 2.40. The van der Waals surface area contributed by atoms with Gasteiger partial charge in [0.15, 0.2) is 11.3 Å². The second-order valence-electron chi connectivity index (χ2n) is 12.9. The lowest BCUT2D eigenvalue weighted by molar-refractivity contribution is 1.15. The molecule has 2 N–H and O–H groups in total. The SMILES string of the molecule is Cc1ccc2c(Nc3cc(-c4cnc(-c5ccc(Sc6ccccc6)c(Nc6ncnc7nc(C)ccc67)c5)cn4)ccc3Sc3ccccc3)ncnc2n1. The molecule has 0 saturated heterocycles. The van der Waals surface area contributed by atoms with Gasteiger partial charge in [0.25, 0.3) is 0 Å². The van der Waals surface area contributed by atoms with Gasteiger partial charge in [0.2, 0.25) is 0 Å². The molecule has 0 atom stereocenters. The lowest BCUT2D eigenvalue weighted by Gasteiger charge is -2.15. The molecule has 0 aliphatic carbocycles. The van der Waals surface area contributed by atoms with Crippen LogP contribution in [0, 0.1) is 13.8 Å². The van der Waals surface area contributed by atoms with Crippen molar-refractivity contribution in [3.63, 3.8) is 0 Å². The minimum atomic E-state index is 0.639. The van der Waals surface area contributed by atoms with Gasteiger partial charge in [-0.05, 0) is 86.6 Å². The average molecular weight is 765 g/mol. The Morgan fingerprint density at radius 2 is 0.893 bits per heavy atom. The second kappa shape index (κ2) is 15.5. The normalized spacial score (nSPS) is 11.2. The molecule has 0 saturated carbocycles. The topological polar surface area (TPSA) is 127 Å². The van der Waals surface area contributed by atoms with Crippen LogP contribution in [-0.2, 0) is 0 Å². The molecule has 0 unspecified atom stereocenters. The maximum Gasteiger partial charge on any atom is 0.164 e. The van der Waals surface area contributed by atoms with Crippen LogP contribution < -0.4 is 10.6 Å². The standard InChI is InChI=1S/C44H32N10S2/c1-27-13-17-33-41(51-27)47-25-49-43(33)53-35-21-29(15-19-39(35)55-31-9-5-3-6-10-31)37-23-46-38(24-45-37)30-16-20-40(56-32-11-7-4-8-12-32)36(22-30)54-44-34-18-14-28(2)52-42(34)48-26-50-44/h3-26H,1-2H3,(H,47,49,51,53)(H,48,50,52,54). The molecule has 5 aromatic heterocycles. The molecule has 0 radical (unpaired) electrons. The van der Waals surface area contributed by atoms with Gasteiger partial charge in [-0.25, -0.2) is 29.9 Å². The zero-order chi connectivity index (χ0) is 37.8. The minimum Gasteiger partial charge on any atom is -0.339 e. The number of nitrogens with zero attached hydrogens (tertiary/aromatic N) is 8. The van der Waals surface area contributed by atoms with E-state index in [0.717, 1.165) is 75.6 Å². The van der Waals surface area contributed by atoms with Crippen LogP contribution >= 0.6 is 23.5 Å². The fourth-order valence-corrected chi connectivity index (χ4v) is 7.94. The smallest absolute Gasteiger partial charge is 0.164 e. The Labute approximate surface area is 331 Å². The number of hydrogen-bond acceptors (Lipinski definition) is 12. The quantitative estimate of drug-likeness (QED) is 0.138. The molecule has 9 aromatic rings. The third-order valence-corrected chi connectivity index (χ3v) is 11.1. The van der Waals surface area contributed by atoms with Crippen LogP contribution in [0.3, 0.4) is 0 Å². The van der Waals surface area contributed by atoms with Gasteiger partial charge >= 0.3 is 0 Å². The third-order valence-electron chi connectivity index (χ3n) is 8.92. The summed E-state index contributed by atoms with van der Waals surface area (Å²) in [6.45, 7) is 3.91. The molecule has 0 aliphatic rings. The summed E-state index contributed by atoms with van der Waals surface area (Å²) >= 11 is 3.35. The Hall–Kier alpha value is -6.76. The second-order valence-corrected chi connectivity index (χ2v) is 15.1. The lowest BCUT2D eigenvalue weighted by Crippen LogP contribution is -2.00. The van der Waals surface area contributed by atoms with E-state index in [1.165, 1.54) is 12.7 Å². The average Bonchev–Trinajstić information content (AvgIpc) is 3.23. The molecule has 5 heterocycles. The van der Waals surface area contributed by atoms with Crippen LogP contribution in [-0.4, -0.2) is 39.9 Å². The van der Waals surface area contributed by atoms with E-state index >= 15 is 0 Å². The minimum absolute atomic E-state index is 0.639. The Kier molecular flexibility index (Phi) is 9.70.